The molecule has 0 spiro atoms. The molecule has 0 N–H and O–H groups in total. The maximum Gasteiger partial charge on any atom is 0.257 e. The number of para-hydroxylation sites is 1. The first kappa shape index (κ1) is 17.5. The summed E-state index contributed by atoms with van der Waals surface area (Å²) in [6, 6.07) is 15.1. The van der Waals surface area contributed by atoms with Gasteiger partial charge in [-0.1, -0.05) is 47.5 Å². The minimum Gasteiger partial charge on any atom is -0.335 e. The van der Waals surface area contributed by atoms with Crippen LogP contribution >= 0.6 is 23.2 Å². The quantitative estimate of drug-likeness (QED) is 0.641. The molecule has 0 saturated carbocycles. The molecule has 0 unspecified atom stereocenters. The molecule has 0 aliphatic carbocycles. The van der Waals surface area contributed by atoms with Crippen LogP contribution in [0.3, 0.4) is 0 Å². The molecule has 0 fully saturated rings. The molecule has 6 heteroatoms. The number of hydrogen-bond donors (Lipinski definition) is 0. The van der Waals surface area contributed by atoms with E-state index in [-0.39, 0.29) is 5.91 Å². The van der Waals surface area contributed by atoms with Gasteiger partial charge in [-0.2, -0.15) is 5.10 Å². The summed E-state index contributed by atoms with van der Waals surface area (Å²) in [4.78, 5) is 14.5. The Morgan fingerprint density at radius 3 is 2.56 bits per heavy atom. The molecule has 0 bridgehead atoms. The third kappa shape index (κ3) is 4.03. The van der Waals surface area contributed by atoms with Gasteiger partial charge in [0.1, 0.15) is 0 Å². The van der Waals surface area contributed by atoms with Crippen molar-refractivity contribution < 1.29 is 4.79 Å². The molecule has 3 rings (SSSR count). The average molecular weight is 374 g/mol. The Kier molecular flexibility index (Phi) is 5.41. The highest BCUT2D eigenvalue weighted by atomic mass is 35.5. The Bertz CT molecular complexity index is 877. The summed E-state index contributed by atoms with van der Waals surface area (Å²) in [6.07, 6.45) is 3.34. The van der Waals surface area contributed by atoms with Crippen LogP contribution in [0.2, 0.25) is 10.0 Å². The predicted molar refractivity (Wildman–Crippen MR) is 100 cm³/mol. The minimum absolute atomic E-state index is 0.0734. The van der Waals surface area contributed by atoms with Crippen molar-refractivity contribution in [2.75, 3.05) is 6.54 Å². The van der Waals surface area contributed by atoms with Gasteiger partial charge in [0, 0.05) is 19.3 Å². The normalized spacial score (nSPS) is 10.7. The Labute approximate surface area is 156 Å². The van der Waals surface area contributed by atoms with Crippen LogP contribution in [0.15, 0.2) is 60.9 Å². The standard InChI is InChI=1S/C19H17Cl2N3O/c1-2-23(12-14-8-9-17(20)18(21)10-14)19(25)15-11-22-24(13-15)16-6-4-3-5-7-16/h3-11,13H,2,12H2,1H3. The van der Waals surface area contributed by atoms with Crippen LogP contribution in [0.5, 0.6) is 0 Å². The molecule has 0 saturated heterocycles. The van der Waals surface area contributed by atoms with Gasteiger partial charge in [-0.15, -0.1) is 0 Å². The van der Waals surface area contributed by atoms with Crippen molar-refractivity contribution in [3.8, 4) is 5.69 Å². The smallest absolute Gasteiger partial charge is 0.257 e. The Morgan fingerprint density at radius 1 is 1.12 bits per heavy atom. The molecule has 0 atom stereocenters. The van der Waals surface area contributed by atoms with Gasteiger partial charge in [0.05, 0.1) is 27.5 Å². The fourth-order valence-corrected chi connectivity index (χ4v) is 2.84. The number of nitrogens with zero attached hydrogens (tertiary/aromatic N) is 3. The van der Waals surface area contributed by atoms with Crippen LogP contribution < -0.4 is 0 Å². The van der Waals surface area contributed by atoms with E-state index in [1.54, 1.807) is 34.1 Å². The molecule has 2 aromatic carbocycles. The van der Waals surface area contributed by atoms with Gasteiger partial charge >= 0.3 is 0 Å². The fourth-order valence-electron chi connectivity index (χ4n) is 2.52. The van der Waals surface area contributed by atoms with E-state index in [2.05, 4.69) is 5.10 Å². The maximum absolute atomic E-state index is 12.8. The lowest BCUT2D eigenvalue weighted by atomic mass is 10.2. The van der Waals surface area contributed by atoms with Gasteiger partial charge in [0.2, 0.25) is 0 Å². The molecule has 1 aromatic heterocycles. The van der Waals surface area contributed by atoms with Crippen molar-refractivity contribution in [2.24, 2.45) is 0 Å². The first-order chi connectivity index (χ1) is 12.1. The fraction of sp³-hybridized carbons (Fsp3) is 0.158. The molecule has 25 heavy (non-hydrogen) atoms. The van der Waals surface area contributed by atoms with Crippen molar-refractivity contribution in [1.29, 1.82) is 0 Å². The zero-order chi connectivity index (χ0) is 17.8. The lowest BCUT2D eigenvalue weighted by Crippen LogP contribution is -2.30. The molecule has 1 heterocycles. The molecule has 0 aliphatic rings. The van der Waals surface area contributed by atoms with Crippen LogP contribution in [-0.4, -0.2) is 27.1 Å². The van der Waals surface area contributed by atoms with Crippen molar-refractivity contribution in [1.82, 2.24) is 14.7 Å². The number of rotatable bonds is 5. The second-order valence-electron chi connectivity index (χ2n) is 5.58. The molecule has 0 radical (unpaired) electrons. The summed E-state index contributed by atoms with van der Waals surface area (Å²) >= 11 is 12.0. The molecular formula is C19H17Cl2N3O. The van der Waals surface area contributed by atoms with Crippen LogP contribution in [0.4, 0.5) is 0 Å². The Balaban J connectivity index is 1.78. The van der Waals surface area contributed by atoms with E-state index < -0.39 is 0 Å². The summed E-state index contributed by atoms with van der Waals surface area (Å²) in [5, 5.41) is 5.28. The first-order valence-electron chi connectivity index (χ1n) is 7.91. The van der Waals surface area contributed by atoms with Crippen LogP contribution in [-0.2, 0) is 6.54 Å². The number of halogens is 2. The topological polar surface area (TPSA) is 38.1 Å². The molecule has 3 aromatic rings. The average Bonchev–Trinajstić information content (AvgIpc) is 3.13. The molecule has 4 nitrogen and oxygen atoms in total. The van der Waals surface area contributed by atoms with Crippen LogP contribution in [0.25, 0.3) is 5.69 Å². The summed E-state index contributed by atoms with van der Waals surface area (Å²) < 4.78 is 1.69. The van der Waals surface area contributed by atoms with Gasteiger partial charge < -0.3 is 4.90 Å². The van der Waals surface area contributed by atoms with E-state index >= 15 is 0 Å². The number of benzene rings is 2. The third-order valence-electron chi connectivity index (χ3n) is 3.88. The van der Waals surface area contributed by atoms with Gasteiger partial charge in [0.15, 0.2) is 0 Å². The molecule has 0 aliphatic heterocycles. The Hall–Kier alpha value is -2.30. The molecular weight excluding hydrogens is 357 g/mol. The highest BCUT2D eigenvalue weighted by molar-refractivity contribution is 6.42. The summed E-state index contributed by atoms with van der Waals surface area (Å²) in [7, 11) is 0. The number of aromatic nitrogens is 2. The van der Waals surface area contributed by atoms with E-state index in [0.29, 0.717) is 28.7 Å². The van der Waals surface area contributed by atoms with E-state index in [9.17, 15) is 4.79 Å². The first-order valence-corrected chi connectivity index (χ1v) is 8.67. The minimum atomic E-state index is -0.0734. The number of carbonyl (C=O) groups excluding carboxylic acids is 1. The largest absolute Gasteiger partial charge is 0.335 e. The van der Waals surface area contributed by atoms with Gasteiger partial charge in [-0.05, 0) is 36.8 Å². The SMILES string of the molecule is CCN(Cc1ccc(Cl)c(Cl)c1)C(=O)c1cnn(-c2ccccc2)c1. The lowest BCUT2D eigenvalue weighted by molar-refractivity contribution is 0.0752. The highest BCUT2D eigenvalue weighted by Crippen LogP contribution is 2.23. The lowest BCUT2D eigenvalue weighted by Gasteiger charge is -2.20. The van der Waals surface area contributed by atoms with E-state index in [4.69, 9.17) is 23.2 Å². The second kappa shape index (κ2) is 7.72. The zero-order valence-corrected chi connectivity index (χ0v) is 15.2. The molecule has 128 valence electrons. The molecule has 1 amide bonds. The monoisotopic (exact) mass is 373 g/mol. The second-order valence-corrected chi connectivity index (χ2v) is 6.39. The van der Waals surface area contributed by atoms with Crippen LogP contribution in [0, 0.1) is 0 Å². The highest BCUT2D eigenvalue weighted by Gasteiger charge is 2.17. The zero-order valence-electron chi connectivity index (χ0n) is 13.7. The van der Waals surface area contributed by atoms with Crippen molar-refractivity contribution in [3.05, 3.63) is 82.1 Å². The van der Waals surface area contributed by atoms with E-state index in [0.717, 1.165) is 11.3 Å². The van der Waals surface area contributed by atoms with Crippen molar-refractivity contribution in [2.45, 2.75) is 13.5 Å². The summed E-state index contributed by atoms with van der Waals surface area (Å²) in [6.45, 7) is 2.98. The van der Waals surface area contributed by atoms with Gasteiger partial charge in [0.25, 0.3) is 5.91 Å². The van der Waals surface area contributed by atoms with E-state index in [1.165, 1.54) is 0 Å². The van der Waals surface area contributed by atoms with E-state index in [1.807, 2.05) is 43.3 Å². The summed E-state index contributed by atoms with van der Waals surface area (Å²) in [5.74, 6) is -0.0734. The third-order valence-corrected chi connectivity index (χ3v) is 4.62. The Morgan fingerprint density at radius 2 is 1.88 bits per heavy atom. The van der Waals surface area contributed by atoms with Gasteiger partial charge in [-0.25, -0.2) is 4.68 Å². The van der Waals surface area contributed by atoms with Crippen molar-refractivity contribution >= 4 is 29.1 Å². The van der Waals surface area contributed by atoms with Crippen LogP contribution in [0.1, 0.15) is 22.8 Å². The summed E-state index contributed by atoms with van der Waals surface area (Å²) in [5.41, 5.74) is 2.39. The van der Waals surface area contributed by atoms with Crippen molar-refractivity contribution in [3.63, 3.8) is 0 Å². The number of hydrogen-bond acceptors (Lipinski definition) is 2. The van der Waals surface area contributed by atoms with Gasteiger partial charge in [-0.3, -0.25) is 4.79 Å². The number of carbonyl (C=O) groups is 1. The maximum atomic E-state index is 12.8. The predicted octanol–water partition coefficient (Wildman–Crippen LogP) is 4.84. The number of amides is 1.